The van der Waals surface area contributed by atoms with Crippen LogP contribution in [0.15, 0.2) is 0 Å². The summed E-state index contributed by atoms with van der Waals surface area (Å²) in [4.78, 5) is 0. The van der Waals surface area contributed by atoms with Gasteiger partial charge in [-0.15, -0.1) is 0 Å². The van der Waals surface area contributed by atoms with Gasteiger partial charge in [-0.25, -0.2) is 8.42 Å². The molecule has 0 amide bonds. The van der Waals surface area contributed by atoms with Crippen molar-refractivity contribution < 1.29 is 13.5 Å². The molecule has 21 heavy (non-hydrogen) atoms. The van der Waals surface area contributed by atoms with E-state index in [1.54, 1.807) is 0 Å². The molecule has 1 aromatic heterocycles. The van der Waals surface area contributed by atoms with Crippen LogP contribution in [0.1, 0.15) is 62.5 Å². The molecule has 0 saturated heterocycles. The van der Waals surface area contributed by atoms with Crippen LogP contribution in [-0.4, -0.2) is 34.8 Å². The summed E-state index contributed by atoms with van der Waals surface area (Å²) < 4.78 is 25.7. The lowest BCUT2D eigenvalue weighted by atomic mass is 9.94. The van der Waals surface area contributed by atoms with Gasteiger partial charge in [0.1, 0.15) is 9.84 Å². The van der Waals surface area contributed by atoms with E-state index < -0.39 is 9.84 Å². The lowest BCUT2D eigenvalue weighted by Crippen LogP contribution is -2.30. The second-order valence-electron chi connectivity index (χ2n) is 5.95. The molecule has 1 heterocycles. The van der Waals surface area contributed by atoms with Crippen LogP contribution in [0.4, 0.5) is 0 Å². The molecule has 2 rings (SSSR count). The van der Waals surface area contributed by atoms with Crippen molar-refractivity contribution in [2.24, 2.45) is 0 Å². The maximum absolute atomic E-state index is 11.8. The van der Waals surface area contributed by atoms with E-state index in [0.29, 0.717) is 6.42 Å². The third-order valence-corrected chi connectivity index (χ3v) is 6.22. The molecule has 1 fully saturated rings. The topological polar surface area (TPSA) is 72.2 Å². The normalized spacial score (nSPS) is 23.4. The predicted molar refractivity (Wildman–Crippen MR) is 83.0 cm³/mol. The maximum atomic E-state index is 11.8. The second kappa shape index (κ2) is 6.48. The molecule has 1 aliphatic rings. The van der Waals surface area contributed by atoms with Gasteiger partial charge in [0, 0.05) is 17.5 Å². The van der Waals surface area contributed by atoms with Gasteiger partial charge in [0.15, 0.2) is 0 Å². The summed E-state index contributed by atoms with van der Waals surface area (Å²) in [6.07, 6.45) is 6.21. The second-order valence-corrected chi connectivity index (χ2v) is 8.28. The third-order valence-electron chi connectivity index (χ3n) is 4.58. The SMILES string of the molecule is CCc1nn(C2CCCC(S(C)(=O)=O)C2)c(CC)c1CO. The molecule has 0 radical (unpaired) electrons. The van der Waals surface area contributed by atoms with Gasteiger partial charge in [-0.05, 0) is 32.1 Å². The van der Waals surface area contributed by atoms with Crippen LogP contribution in [0.3, 0.4) is 0 Å². The molecule has 1 N–H and O–H groups in total. The number of hydrogen-bond donors (Lipinski definition) is 1. The number of rotatable bonds is 5. The van der Waals surface area contributed by atoms with E-state index in [9.17, 15) is 13.5 Å². The highest BCUT2D eigenvalue weighted by molar-refractivity contribution is 7.91. The summed E-state index contributed by atoms with van der Waals surface area (Å²) in [6.45, 7) is 4.10. The fraction of sp³-hybridized carbons (Fsp3) is 0.800. The average molecular weight is 314 g/mol. The molecule has 6 heteroatoms. The van der Waals surface area contributed by atoms with Crippen molar-refractivity contribution >= 4 is 9.84 Å². The minimum absolute atomic E-state index is 0.00850. The van der Waals surface area contributed by atoms with Crippen molar-refractivity contribution in [3.8, 4) is 0 Å². The number of aliphatic hydroxyl groups is 1. The molecule has 0 spiro atoms. The lowest BCUT2D eigenvalue weighted by molar-refractivity contribution is 0.277. The van der Waals surface area contributed by atoms with Gasteiger partial charge in [0.25, 0.3) is 0 Å². The van der Waals surface area contributed by atoms with Gasteiger partial charge in [-0.3, -0.25) is 4.68 Å². The Labute approximate surface area is 127 Å². The van der Waals surface area contributed by atoms with Crippen LogP contribution in [0.5, 0.6) is 0 Å². The van der Waals surface area contributed by atoms with Gasteiger partial charge in [-0.1, -0.05) is 20.3 Å². The summed E-state index contributed by atoms with van der Waals surface area (Å²) in [6, 6.07) is 0.138. The quantitative estimate of drug-likeness (QED) is 0.902. The van der Waals surface area contributed by atoms with Crippen LogP contribution in [-0.2, 0) is 29.3 Å². The third kappa shape index (κ3) is 3.31. The number of aromatic nitrogens is 2. The highest BCUT2D eigenvalue weighted by Crippen LogP contribution is 2.34. The summed E-state index contributed by atoms with van der Waals surface area (Å²) in [5, 5.41) is 14.0. The zero-order valence-corrected chi connectivity index (χ0v) is 14.0. The van der Waals surface area contributed by atoms with Crippen molar-refractivity contribution in [2.75, 3.05) is 6.26 Å². The van der Waals surface area contributed by atoms with Crippen molar-refractivity contribution in [1.82, 2.24) is 9.78 Å². The molecule has 0 bridgehead atoms. The average Bonchev–Trinajstić information content (AvgIpc) is 2.84. The molecule has 1 aliphatic carbocycles. The van der Waals surface area contributed by atoms with Crippen LogP contribution in [0, 0.1) is 0 Å². The Morgan fingerprint density at radius 3 is 2.52 bits per heavy atom. The number of sulfone groups is 1. The van der Waals surface area contributed by atoms with Gasteiger partial charge in [0.2, 0.25) is 0 Å². The van der Waals surface area contributed by atoms with Crippen LogP contribution >= 0.6 is 0 Å². The first-order valence-corrected chi connectivity index (χ1v) is 9.76. The lowest BCUT2D eigenvalue weighted by Gasteiger charge is -2.29. The molecule has 120 valence electrons. The van der Waals surface area contributed by atoms with E-state index in [1.165, 1.54) is 6.26 Å². The van der Waals surface area contributed by atoms with Crippen molar-refractivity contribution in [3.63, 3.8) is 0 Å². The van der Waals surface area contributed by atoms with Crippen LogP contribution in [0.2, 0.25) is 0 Å². The summed E-state index contributed by atoms with van der Waals surface area (Å²) in [7, 11) is -2.99. The molecule has 2 unspecified atom stereocenters. The van der Waals surface area contributed by atoms with E-state index in [2.05, 4.69) is 12.0 Å². The van der Waals surface area contributed by atoms with Crippen molar-refractivity contribution in [2.45, 2.75) is 70.3 Å². The largest absolute Gasteiger partial charge is 0.392 e. The van der Waals surface area contributed by atoms with Gasteiger partial charge in [-0.2, -0.15) is 5.10 Å². The van der Waals surface area contributed by atoms with E-state index in [4.69, 9.17) is 0 Å². The maximum Gasteiger partial charge on any atom is 0.150 e. The van der Waals surface area contributed by atoms with Gasteiger partial charge in [0.05, 0.1) is 23.6 Å². The highest BCUT2D eigenvalue weighted by Gasteiger charge is 2.31. The summed E-state index contributed by atoms with van der Waals surface area (Å²) >= 11 is 0. The first kappa shape index (κ1) is 16.5. The fourth-order valence-electron chi connectivity index (χ4n) is 3.43. The van der Waals surface area contributed by atoms with Crippen LogP contribution in [0.25, 0.3) is 0 Å². The molecule has 0 aliphatic heterocycles. The van der Waals surface area contributed by atoms with Crippen molar-refractivity contribution in [3.05, 3.63) is 17.0 Å². The van der Waals surface area contributed by atoms with Crippen LogP contribution < -0.4 is 0 Å². The molecule has 0 aromatic carbocycles. The molecule has 5 nitrogen and oxygen atoms in total. The fourth-order valence-corrected chi connectivity index (χ4v) is 4.60. The van der Waals surface area contributed by atoms with Crippen molar-refractivity contribution in [1.29, 1.82) is 0 Å². The zero-order chi connectivity index (χ0) is 15.6. The Balaban J connectivity index is 2.35. The predicted octanol–water partition coefficient (Wildman–Crippen LogP) is 2.03. The Bertz CT molecular complexity index is 592. The number of hydrogen-bond acceptors (Lipinski definition) is 4. The summed E-state index contributed by atoms with van der Waals surface area (Å²) in [5.41, 5.74) is 2.94. The smallest absolute Gasteiger partial charge is 0.150 e. The van der Waals surface area contributed by atoms with Gasteiger partial charge < -0.3 is 5.11 Å². The Kier molecular flexibility index (Phi) is 5.09. The van der Waals surface area contributed by atoms with E-state index in [-0.39, 0.29) is 17.9 Å². The number of aliphatic hydroxyl groups excluding tert-OH is 1. The molecule has 1 aromatic rings. The summed E-state index contributed by atoms with van der Waals surface area (Å²) in [5.74, 6) is 0. The molecular weight excluding hydrogens is 288 g/mol. The van der Waals surface area contributed by atoms with E-state index in [0.717, 1.165) is 49.1 Å². The van der Waals surface area contributed by atoms with E-state index in [1.807, 2.05) is 11.6 Å². The Morgan fingerprint density at radius 1 is 1.29 bits per heavy atom. The highest BCUT2D eigenvalue weighted by atomic mass is 32.2. The molecule has 1 saturated carbocycles. The zero-order valence-electron chi connectivity index (χ0n) is 13.2. The van der Waals surface area contributed by atoms with Gasteiger partial charge >= 0.3 is 0 Å². The Morgan fingerprint density at radius 2 is 2.00 bits per heavy atom. The Hall–Kier alpha value is -0.880. The number of nitrogens with zero attached hydrogens (tertiary/aromatic N) is 2. The monoisotopic (exact) mass is 314 g/mol. The standard InChI is InChI=1S/C15H26N2O3S/c1-4-14-13(10-18)15(5-2)17(16-14)11-7-6-8-12(9-11)21(3,19)20/h11-12,18H,4-10H2,1-3H3. The first-order chi connectivity index (χ1) is 9.92. The minimum atomic E-state index is -2.99. The number of aryl methyl sites for hydroxylation is 1. The molecular formula is C15H26N2O3S. The molecule has 2 atom stereocenters. The van der Waals surface area contributed by atoms with E-state index >= 15 is 0 Å². The minimum Gasteiger partial charge on any atom is -0.392 e. The first-order valence-electron chi connectivity index (χ1n) is 7.81.